The molecule has 0 saturated carbocycles. The number of nitrogens with zero attached hydrogens (tertiary/aromatic N) is 2. The molecule has 0 aromatic heterocycles. The van der Waals surface area contributed by atoms with Crippen molar-refractivity contribution in [2.45, 2.75) is 6.42 Å². The van der Waals surface area contributed by atoms with Gasteiger partial charge in [-0.2, -0.15) is 0 Å². The lowest BCUT2D eigenvalue weighted by atomic mass is 10.0. The van der Waals surface area contributed by atoms with Crippen molar-refractivity contribution < 1.29 is 10.4 Å². The van der Waals surface area contributed by atoms with Crippen molar-refractivity contribution >= 4 is 11.4 Å². The first-order chi connectivity index (χ1) is 9.06. The second-order valence-electron chi connectivity index (χ2n) is 4.06. The third-order valence-corrected chi connectivity index (χ3v) is 2.72. The average molecular weight is 260 g/mol. The Morgan fingerprint density at radius 3 is 1.26 bits per heavy atom. The second kappa shape index (κ2) is 5.68. The molecule has 0 fully saturated rings. The van der Waals surface area contributed by atoms with Gasteiger partial charge in [0, 0.05) is 0 Å². The Kier molecular flexibility index (Phi) is 3.98. The van der Waals surface area contributed by atoms with Crippen LogP contribution in [0, 0.1) is 10.4 Å². The van der Waals surface area contributed by atoms with Gasteiger partial charge in [0.25, 0.3) is 0 Å². The van der Waals surface area contributed by atoms with Gasteiger partial charge in [-0.25, -0.2) is 0 Å². The Hall–Kier alpha value is -2.12. The molecule has 0 radical (unpaired) electrons. The fourth-order valence-corrected chi connectivity index (χ4v) is 1.72. The summed E-state index contributed by atoms with van der Waals surface area (Å²) >= 11 is 0. The highest BCUT2D eigenvalue weighted by Crippen LogP contribution is 2.18. The van der Waals surface area contributed by atoms with Gasteiger partial charge >= 0.3 is 0 Å². The van der Waals surface area contributed by atoms with E-state index in [4.69, 9.17) is 10.4 Å². The first-order valence-electron chi connectivity index (χ1n) is 5.56. The van der Waals surface area contributed by atoms with Gasteiger partial charge in [-0.3, -0.25) is 10.4 Å². The van der Waals surface area contributed by atoms with E-state index in [2.05, 4.69) is 0 Å². The lowest BCUT2D eigenvalue weighted by Gasteiger charge is -2.22. The van der Waals surface area contributed by atoms with Crippen molar-refractivity contribution in [2.75, 3.05) is 10.5 Å². The molecule has 100 valence electrons. The molecular weight excluding hydrogens is 248 g/mol. The molecule has 2 aromatic rings. The van der Waals surface area contributed by atoms with Crippen LogP contribution < -0.4 is 10.5 Å². The van der Waals surface area contributed by atoms with E-state index in [9.17, 15) is 10.4 Å². The number of hydrogen-bond acceptors (Lipinski definition) is 6. The zero-order valence-corrected chi connectivity index (χ0v) is 9.93. The van der Waals surface area contributed by atoms with Gasteiger partial charge in [0.1, 0.15) is 0 Å². The molecule has 0 amide bonds. The summed E-state index contributed by atoms with van der Waals surface area (Å²) in [6.07, 6.45) is 0.620. The minimum atomic E-state index is -0.192. The molecule has 0 aliphatic heterocycles. The van der Waals surface area contributed by atoms with Crippen molar-refractivity contribution in [3.05, 3.63) is 70.1 Å². The number of benzene rings is 2. The predicted octanol–water partition coefficient (Wildman–Crippen LogP) is 2.66. The zero-order chi connectivity index (χ0) is 13.8. The first-order valence-corrected chi connectivity index (χ1v) is 5.56. The third kappa shape index (κ3) is 3.43. The number of rotatable bonds is 4. The van der Waals surface area contributed by atoms with Gasteiger partial charge in [0.15, 0.2) is 0 Å². The van der Waals surface area contributed by atoms with Crippen LogP contribution in [0.25, 0.3) is 0 Å². The minimum Gasteiger partial charge on any atom is -0.733 e. The van der Waals surface area contributed by atoms with Crippen molar-refractivity contribution in [3.8, 4) is 0 Å². The predicted molar refractivity (Wildman–Crippen MR) is 71.0 cm³/mol. The maximum Gasteiger partial charge on any atom is 0.0508 e. The lowest BCUT2D eigenvalue weighted by molar-refractivity contribution is 0.296. The van der Waals surface area contributed by atoms with Crippen molar-refractivity contribution in [2.24, 2.45) is 0 Å². The van der Waals surface area contributed by atoms with E-state index >= 15 is 0 Å². The highest BCUT2D eigenvalue weighted by molar-refractivity contribution is 5.48. The van der Waals surface area contributed by atoms with E-state index in [0.29, 0.717) is 6.42 Å². The smallest absolute Gasteiger partial charge is 0.0508 e. The Bertz CT molecular complexity index is 474. The van der Waals surface area contributed by atoms with E-state index in [1.165, 1.54) is 24.3 Å². The van der Waals surface area contributed by atoms with E-state index in [1.54, 1.807) is 24.3 Å². The largest absolute Gasteiger partial charge is 0.733 e. The summed E-state index contributed by atoms with van der Waals surface area (Å²) < 4.78 is 0. The summed E-state index contributed by atoms with van der Waals surface area (Å²) in [5.41, 5.74) is 2.26. The summed E-state index contributed by atoms with van der Waals surface area (Å²) in [5.74, 6) is 0. The van der Waals surface area contributed by atoms with Gasteiger partial charge in [0.2, 0.25) is 0 Å². The summed E-state index contributed by atoms with van der Waals surface area (Å²) in [6, 6.07) is 13.0. The first kappa shape index (κ1) is 13.3. The Balaban J connectivity index is 2.08. The van der Waals surface area contributed by atoms with Crippen molar-refractivity contribution in [3.63, 3.8) is 0 Å². The van der Waals surface area contributed by atoms with Crippen LogP contribution in [-0.2, 0) is 6.42 Å². The normalized spacial score (nSPS) is 10.3. The van der Waals surface area contributed by atoms with E-state index in [-0.39, 0.29) is 21.8 Å². The maximum absolute atomic E-state index is 10.6. The van der Waals surface area contributed by atoms with Gasteiger partial charge in [-0.1, -0.05) is 24.3 Å². The lowest BCUT2D eigenvalue weighted by Crippen LogP contribution is -2.07. The molecule has 2 rings (SSSR count). The summed E-state index contributed by atoms with van der Waals surface area (Å²) in [4.78, 5) is 0. The Labute approximate surface area is 109 Å². The molecule has 0 unspecified atom stereocenters. The molecule has 0 spiro atoms. The van der Waals surface area contributed by atoms with Crippen LogP contribution in [0.4, 0.5) is 11.4 Å². The SMILES string of the molecule is [O-]N(O)c1ccc(Cc2ccc(N([O-])O)cc2)cc1. The number of anilines is 2. The van der Waals surface area contributed by atoms with Gasteiger partial charge in [-0.15, -0.1) is 0 Å². The van der Waals surface area contributed by atoms with Gasteiger partial charge in [0.05, 0.1) is 11.4 Å². The fraction of sp³-hybridized carbons (Fsp3) is 0.0769. The number of hydrogen-bond donors (Lipinski definition) is 2. The topological polar surface area (TPSA) is 93.1 Å². The summed E-state index contributed by atoms with van der Waals surface area (Å²) in [6.45, 7) is 0. The Morgan fingerprint density at radius 2 is 1.00 bits per heavy atom. The average Bonchev–Trinajstić information content (AvgIpc) is 2.40. The quantitative estimate of drug-likeness (QED) is 0.821. The van der Waals surface area contributed by atoms with Crippen LogP contribution in [0.2, 0.25) is 0 Å². The molecule has 0 heterocycles. The van der Waals surface area contributed by atoms with E-state index < -0.39 is 0 Å². The van der Waals surface area contributed by atoms with Crippen LogP contribution in [0.3, 0.4) is 0 Å². The summed E-state index contributed by atoms with van der Waals surface area (Å²) in [5, 5.41) is 38.3. The third-order valence-electron chi connectivity index (χ3n) is 2.72. The van der Waals surface area contributed by atoms with Crippen LogP contribution in [0.5, 0.6) is 0 Å². The highest BCUT2D eigenvalue weighted by Gasteiger charge is 1.99. The molecule has 6 heteroatoms. The standard InChI is InChI=1S/C13H12N2O4/c16-14(17)12-5-1-10(2-6-12)9-11-3-7-13(8-4-11)15(18)19/h1-8,16,18H,9H2/q-2. The molecule has 0 bridgehead atoms. The zero-order valence-electron chi connectivity index (χ0n) is 9.93. The monoisotopic (exact) mass is 260 g/mol. The molecule has 0 saturated heterocycles. The van der Waals surface area contributed by atoms with Gasteiger partial charge < -0.3 is 20.9 Å². The maximum atomic E-state index is 10.6. The Morgan fingerprint density at radius 1 is 0.684 bits per heavy atom. The van der Waals surface area contributed by atoms with E-state index in [1.807, 2.05) is 0 Å². The molecule has 6 nitrogen and oxygen atoms in total. The van der Waals surface area contributed by atoms with Crippen LogP contribution >= 0.6 is 0 Å². The van der Waals surface area contributed by atoms with Crippen LogP contribution in [-0.4, -0.2) is 10.4 Å². The highest BCUT2D eigenvalue weighted by atomic mass is 16.8. The molecule has 0 aliphatic carbocycles. The molecule has 0 atom stereocenters. The fourth-order valence-electron chi connectivity index (χ4n) is 1.72. The van der Waals surface area contributed by atoms with Crippen molar-refractivity contribution in [1.29, 1.82) is 0 Å². The molecule has 2 N–H and O–H groups in total. The second-order valence-corrected chi connectivity index (χ2v) is 4.06. The molecule has 19 heavy (non-hydrogen) atoms. The van der Waals surface area contributed by atoms with Crippen LogP contribution in [0.15, 0.2) is 48.5 Å². The molecule has 2 aromatic carbocycles. The van der Waals surface area contributed by atoms with E-state index in [0.717, 1.165) is 11.1 Å². The van der Waals surface area contributed by atoms with Gasteiger partial charge in [-0.05, 0) is 41.8 Å². The van der Waals surface area contributed by atoms with Crippen LogP contribution in [0.1, 0.15) is 11.1 Å². The minimum absolute atomic E-state index is 0.168. The molecular formula is C13H12N2O4-2. The molecule has 0 aliphatic rings. The summed E-state index contributed by atoms with van der Waals surface area (Å²) in [7, 11) is 0. The van der Waals surface area contributed by atoms with Crippen molar-refractivity contribution in [1.82, 2.24) is 0 Å².